The van der Waals surface area contributed by atoms with Crippen molar-refractivity contribution in [2.24, 2.45) is 0 Å². The van der Waals surface area contributed by atoms with Crippen molar-refractivity contribution in [1.29, 1.82) is 0 Å². The summed E-state index contributed by atoms with van der Waals surface area (Å²) >= 11 is 0. The molecule has 4 rings (SSSR count). The number of unbranched alkanes of at least 4 members (excludes halogenated alkanes) is 6. The number of oxazole rings is 1. The molecule has 0 radical (unpaired) electrons. The highest BCUT2D eigenvalue weighted by Gasteiger charge is 2.30. The van der Waals surface area contributed by atoms with Crippen molar-refractivity contribution in [2.75, 3.05) is 26.2 Å². The molecule has 3 aromatic rings. The molecule has 10 nitrogen and oxygen atoms in total. The molecule has 1 atom stereocenters. The molecule has 0 bridgehead atoms. The van der Waals surface area contributed by atoms with Gasteiger partial charge in [0, 0.05) is 50.1 Å². The standard InChI is InChI=1S/C35H44N4O6/c1-2-3-4-5-6-7-14-19-29(40)36-28(35(43)44)20-21-30(41)38-22-24-39(25-23-38)34(42)31-32(26-15-10-8-11-16-26)45-33(37-31)27-17-12-9-13-18-27/h8-13,15-18,28H,2-7,14,19-25H2,1H3,(H,36,40)(H,43,44). The van der Waals surface area contributed by atoms with E-state index in [4.69, 9.17) is 4.42 Å². The van der Waals surface area contributed by atoms with E-state index in [1.165, 1.54) is 19.3 Å². The minimum Gasteiger partial charge on any atom is -0.480 e. The van der Waals surface area contributed by atoms with Crippen LogP contribution in [0.3, 0.4) is 0 Å². The Morgan fingerprint density at radius 1 is 0.800 bits per heavy atom. The lowest BCUT2D eigenvalue weighted by atomic mass is 10.1. The average Bonchev–Trinajstić information content (AvgIpc) is 3.52. The molecule has 2 heterocycles. The van der Waals surface area contributed by atoms with Gasteiger partial charge in [-0.05, 0) is 25.0 Å². The molecule has 10 heteroatoms. The van der Waals surface area contributed by atoms with Crippen molar-refractivity contribution in [3.8, 4) is 22.8 Å². The van der Waals surface area contributed by atoms with E-state index >= 15 is 0 Å². The van der Waals surface area contributed by atoms with Gasteiger partial charge in [0.05, 0.1) is 0 Å². The lowest BCUT2D eigenvalue weighted by molar-refractivity contribution is -0.142. The van der Waals surface area contributed by atoms with Gasteiger partial charge in [0.25, 0.3) is 5.91 Å². The first-order chi connectivity index (χ1) is 21.9. The smallest absolute Gasteiger partial charge is 0.326 e. The zero-order chi connectivity index (χ0) is 32.0. The SMILES string of the molecule is CCCCCCCCCC(=O)NC(CCC(=O)N1CCN(C(=O)c2nc(-c3ccccc3)oc2-c2ccccc2)CC1)C(=O)O. The molecule has 0 aliphatic carbocycles. The van der Waals surface area contributed by atoms with Gasteiger partial charge in [-0.1, -0.05) is 94.0 Å². The van der Waals surface area contributed by atoms with Crippen LogP contribution in [0.25, 0.3) is 22.8 Å². The summed E-state index contributed by atoms with van der Waals surface area (Å²) in [6.07, 6.45) is 7.80. The number of nitrogens with one attached hydrogen (secondary N) is 1. The number of carbonyl (C=O) groups is 4. The summed E-state index contributed by atoms with van der Waals surface area (Å²) in [5.74, 6) is -1.17. The third kappa shape index (κ3) is 9.76. The van der Waals surface area contributed by atoms with Crippen molar-refractivity contribution >= 4 is 23.7 Å². The predicted molar refractivity (Wildman–Crippen MR) is 171 cm³/mol. The normalized spacial score (nSPS) is 13.8. The van der Waals surface area contributed by atoms with Crippen LogP contribution in [-0.4, -0.2) is 75.8 Å². The summed E-state index contributed by atoms with van der Waals surface area (Å²) < 4.78 is 6.10. The molecule has 0 spiro atoms. The monoisotopic (exact) mass is 616 g/mol. The van der Waals surface area contributed by atoms with Gasteiger partial charge in [0.15, 0.2) is 11.5 Å². The van der Waals surface area contributed by atoms with E-state index in [2.05, 4.69) is 17.2 Å². The highest BCUT2D eigenvalue weighted by molar-refractivity contribution is 5.98. The van der Waals surface area contributed by atoms with Crippen LogP contribution in [0, 0.1) is 0 Å². The quantitative estimate of drug-likeness (QED) is 0.195. The third-order valence-corrected chi connectivity index (χ3v) is 8.09. The van der Waals surface area contributed by atoms with Crippen LogP contribution in [0.1, 0.15) is 81.6 Å². The van der Waals surface area contributed by atoms with Crippen molar-refractivity contribution in [1.82, 2.24) is 20.1 Å². The Hall–Kier alpha value is -4.47. The van der Waals surface area contributed by atoms with Crippen molar-refractivity contribution in [3.05, 3.63) is 66.4 Å². The molecule has 45 heavy (non-hydrogen) atoms. The van der Waals surface area contributed by atoms with E-state index in [1.807, 2.05) is 60.7 Å². The lowest BCUT2D eigenvalue weighted by Gasteiger charge is -2.34. The molecule has 3 amide bonds. The van der Waals surface area contributed by atoms with E-state index in [0.29, 0.717) is 37.8 Å². The number of hydrogen-bond donors (Lipinski definition) is 2. The molecule has 2 N–H and O–H groups in total. The molecule has 0 saturated carbocycles. The number of rotatable bonds is 16. The van der Waals surface area contributed by atoms with E-state index in [-0.39, 0.29) is 42.7 Å². The average molecular weight is 617 g/mol. The van der Waals surface area contributed by atoms with Crippen LogP contribution in [0.5, 0.6) is 0 Å². The number of nitrogens with zero attached hydrogens (tertiary/aromatic N) is 3. The summed E-state index contributed by atoms with van der Waals surface area (Å²) in [5, 5.41) is 12.2. The van der Waals surface area contributed by atoms with Crippen molar-refractivity contribution < 1.29 is 28.7 Å². The Kier molecular flexibility index (Phi) is 12.7. The van der Waals surface area contributed by atoms with Crippen molar-refractivity contribution in [3.63, 3.8) is 0 Å². The molecule has 240 valence electrons. The van der Waals surface area contributed by atoms with Crippen LogP contribution in [0.4, 0.5) is 0 Å². The minimum atomic E-state index is -1.15. The van der Waals surface area contributed by atoms with Gasteiger partial charge >= 0.3 is 5.97 Å². The fourth-order valence-corrected chi connectivity index (χ4v) is 5.46. The second-order valence-electron chi connectivity index (χ2n) is 11.5. The Balaban J connectivity index is 1.28. The molecule has 1 fully saturated rings. The first-order valence-corrected chi connectivity index (χ1v) is 16.1. The Morgan fingerprint density at radius 2 is 1.38 bits per heavy atom. The molecule has 1 aliphatic rings. The molecular formula is C35H44N4O6. The van der Waals surface area contributed by atoms with Crippen LogP contribution in [0.2, 0.25) is 0 Å². The Bertz CT molecular complexity index is 1400. The summed E-state index contributed by atoms with van der Waals surface area (Å²) in [4.78, 5) is 58.6. The van der Waals surface area contributed by atoms with Crippen LogP contribution in [-0.2, 0) is 14.4 Å². The number of aliphatic carboxylic acids is 1. The van der Waals surface area contributed by atoms with Gasteiger partial charge < -0.3 is 24.6 Å². The number of piperazine rings is 1. The van der Waals surface area contributed by atoms with Gasteiger partial charge in [-0.2, -0.15) is 0 Å². The highest BCUT2D eigenvalue weighted by atomic mass is 16.4. The lowest BCUT2D eigenvalue weighted by Crippen LogP contribution is -2.51. The summed E-state index contributed by atoms with van der Waals surface area (Å²) in [7, 11) is 0. The summed E-state index contributed by atoms with van der Waals surface area (Å²) in [6, 6.07) is 17.6. The van der Waals surface area contributed by atoms with Crippen LogP contribution in [0.15, 0.2) is 65.1 Å². The Labute approximate surface area is 264 Å². The molecule has 1 aromatic heterocycles. The summed E-state index contributed by atoms with van der Waals surface area (Å²) in [6.45, 7) is 3.42. The number of carboxylic acids is 1. The molecule has 1 saturated heterocycles. The first kappa shape index (κ1) is 33.4. The second kappa shape index (κ2) is 17.1. The fraction of sp³-hybridized carbons (Fsp3) is 0.457. The van der Waals surface area contributed by atoms with Gasteiger partial charge in [-0.3, -0.25) is 14.4 Å². The molecule has 1 aliphatic heterocycles. The van der Waals surface area contributed by atoms with E-state index in [0.717, 1.165) is 36.8 Å². The zero-order valence-corrected chi connectivity index (χ0v) is 26.1. The fourth-order valence-electron chi connectivity index (χ4n) is 5.46. The maximum Gasteiger partial charge on any atom is 0.326 e. The van der Waals surface area contributed by atoms with Crippen LogP contribution < -0.4 is 5.32 Å². The van der Waals surface area contributed by atoms with E-state index in [1.54, 1.807) is 9.80 Å². The molecule has 2 aromatic carbocycles. The number of carbonyl (C=O) groups excluding carboxylic acids is 3. The molecular weight excluding hydrogens is 572 g/mol. The van der Waals surface area contributed by atoms with Crippen LogP contribution >= 0.6 is 0 Å². The van der Waals surface area contributed by atoms with Crippen molar-refractivity contribution in [2.45, 2.75) is 77.2 Å². The number of carboxylic acid groups (broad SMARTS) is 1. The minimum absolute atomic E-state index is 0.00943. The molecule has 1 unspecified atom stereocenters. The second-order valence-corrected chi connectivity index (χ2v) is 11.5. The van der Waals surface area contributed by atoms with E-state index in [9.17, 15) is 24.3 Å². The third-order valence-electron chi connectivity index (χ3n) is 8.09. The number of amides is 3. The topological polar surface area (TPSA) is 133 Å². The maximum atomic E-state index is 13.7. The predicted octanol–water partition coefficient (Wildman–Crippen LogP) is 5.78. The van der Waals surface area contributed by atoms with Gasteiger partial charge in [-0.15, -0.1) is 0 Å². The largest absolute Gasteiger partial charge is 0.480 e. The first-order valence-electron chi connectivity index (χ1n) is 16.1. The highest BCUT2D eigenvalue weighted by Crippen LogP contribution is 2.31. The number of aromatic nitrogens is 1. The number of benzene rings is 2. The zero-order valence-electron chi connectivity index (χ0n) is 26.1. The van der Waals surface area contributed by atoms with E-state index < -0.39 is 12.0 Å². The van der Waals surface area contributed by atoms with Gasteiger partial charge in [0.1, 0.15) is 6.04 Å². The van der Waals surface area contributed by atoms with Gasteiger partial charge in [-0.25, -0.2) is 9.78 Å². The Morgan fingerprint density at radius 3 is 2.00 bits per heavy atom. The van der Waals surface area contributed by atoms with Gasteiger partial charge in [0.2, 0.25) is 17.7 Å². The maximum absolute atomic E-state index is 13.7. The number of hydrogen-bond acceptors (Lipinski definition) is 6. The summed E-state index contributed by atoms with van der Waals surface area (Å²) in [5.41, 5.74) is 1.72.